The Kier molecular flexibility index (Phi) is 4.43. The number of aromatic nitrogens is 1. The number of hydrogen-bond donors (Lipinski definition) is 2. The summed E-state index contributed by atoms with van der Waals surface area (Å²) in [6.07, 6.45) is 2.10. The van der Waals surface area contributed by atoms with Crippen LogP contribution in [-0.2, 0) is 9.09 Å². The molecule has 0 fully saturated rings. The van der Waals surface area contributed by atoms with Gasteiger partial charge in [0.25, 0.3) is 0 Å². The fourth-order valence-corrected chi connectivity index (χ4v) is 4.78. The van der Waals surface area contributed by atoms with Crippen molar-refractivity contribution in [1.82, 2.24) is 4.98 Å². The maximum absolute atomic E-state index is 12.1. The van der Waals surface area contributed by atoms with E-state index in [9.17, 15) is 9.46 Å². The molecule has 2 heterocycles. The fraction of sp³-hybridized carbons (Fsp3) is 0.364. The maximum atomic E-state index is 12.1. The third-order valence-electron chi connectivity index (χ3n) is 2.53. The molecule has 0 aliphatic heterocycles. The molecular weight excluding hydrogens is 303 g/mol. The highest BCUT2D eigenvalue weighted by Gasteiger charge is 2.27. The van der Waals surface area contributed by atoms with E-state index in [1.165, 1.54) is 22.7 Å². The maximum Gasteiger partial charge on any atom is 0.368 e. The first-order valence-electron chi connectivity index (χ1n) is 5.75. The molecule has 5 nitrogen and oxygen atoms in total. The van der Waals surface area contributed by atoms with Crippen molar-refractivity contribution >= 4 is 40.0 Å². The molecule has 2 atom stereocenters. The van der Waals surface area contributed by atoms with Gasteiger partial charge in [-0.1, -0.05) is 18.3 Å². The molecule has 0 aromatic carbocycles. The zero-order chi connectivity index (χ0) is 14.0. The summed E-state index contributed by atoms with van der Waals surface area (Å²) in [4.78, 5) is 15.7. The predicted octanol–water partition coefficient (Wildman–Crippen LogP) is 3.08. The molecule has 104 valence electrons. The quantitative estimate of drug-likeness (QED) is 0.828. The van der Waals surface area contributed by atoms with Crippen LogP contribution in [0.5, 0.6) is 0 Å². The average molecular weight is 318 g/mol. The number of nitrogens with zero attached hydrogens (tertiary/aromatic N) is 1. The lowest BCUT2D eigenvalue weighted by Gasteiger charge is -2.15. The summed E-state index contributed by atoms with van der Waals surface area (Å²) >= 11 is 2.58. The van der Waals surface area contributed by atoms with Gasteiger partial charge in [-0.2, -0.15) is 0 Å². The van der Waals surface area contributed by atoms with Gasteiger partial charge in [-0.15, -0.1) is 11.3 Å². The second-order valence-corrected chi connectivity index (χ2v) is 8.23. The van der Waals surface area contributed by atoms with Crippen molar-refractivity contribution in [3.63, 3.8) is 0 Å². The Labute approximate surface area is 119 Å². The first-order chi connectivity index (χ1) is 8.92. The number of nitrogens with two attached hydrogens (primary N) is 1. The van der Waals surface area contributed by atoms with Crippen LogP contribution >= 0.6 is 30.3 Å². The second-order valence-electron chi connectivity index (χ2n) is 4.05. The molecule has 2 rings (SSSR count). The molecule has 0 bridgehead atoms. The van der Waals surface area contributed by atoms with E-state index in [-0.39, 0.29) is 6.10 Å². The van der Waals surface area contributed by atoms with Gasteiger partial charge >= 0.3 is 7.60 Å². The lowest BCUT2D eigenvalue weighted by Crippen LogP contribution is -2.10. The standard InChI is InChI=1S/C11H15N2O3PS2/c1-3-7(2)16-17(14,15)10-5-4-8(18-10)9-6-13-11(12)19-9/h4-7H,3H2,1-2H3,(H2,12,13)(H,14,15). The largest absolute Gasteiger partial charge is 0.375 e. The molecular formula is C11H15N2O3PS2. The lowest BCUT2D eigenvalue weighted by molar-refractivity contribution is 0.192. The van der Waals surface area contributed by atoms with E-state index < -0.39 is 7.60 Å². The van der Waals surface area contributed by atoms with E-state index in [1.54, 1.807) is 25.3 Å². The van der Waals surface area contributed by atoms with E-state index in [0.29, 0.717) is 16.2 Å². The van der Waals surface area contributed by atoms with Crippen LogP contribution in [0.2, 0.25) is 0 Å². The summed E-state index contributed by atoms with van der Waals surface area (Å²) in [5.41, 5.74) is 5.58. The summed E-state index contributed by atoms with van der Waals surface area (Å²) < 4.78 is 17.7. The normalized spacial score (nSPS) is 16.2. The van der Waals surface area contributed by atoms with Gasteiger partial charge in [0.15, 0.2) is 5.13 Å². The van der Waals surface area contributed by atoms with Crippen LogP contribution in [0.1, 0.15) is 20.3 Å². The molecule has 0 amide bonds. The molecule has 0 radical (unpaired) electrons. The minimum atomic E-state index is -3.74. The van der Waals surface area contributed by atoms with Gasteiger partial charge in [0, 0.05) is 11.1 Å². The lowest BCUT2D eigenvalue weighted by atomic mass is 10.3. The van der Waals surface area contributed by atoms with Crippen LogP contribution in [0.3, 0.4) is 0 Å². The van der Waals surface area contributed by atoms with E-state index in [1.807, 2.05) is 6.92 Å². The molecule has 2 unspecified atom stereocenters. The summed E-state index contributed by atoms with van der Waals surface area (Å²) in [6.45, 7) is 3.69. The van der Waals surface area contributed by atoms with Crippen molar-refractivity contribution < 1.29 is 14.0 Å². The minimum absolute atomic E-state index is 0.250. The highest BCUT2D eigenvalue weighted by atomic mass is 32.1. The Morgan fingerprint density at radius 1 is 1.47 bits per heavy atom. The zero-order valence-corrected chi connectivity index (χ0v) is 13.1. The highest BCUT2D eigenvalue weighted by molar-refractivity contribution is 7.68. The van der Waals surface area contributed by atoms with E-state index in [2.05, 4.69) is 4.98 Å². The molecule has 3 N–H and O–H groups in total. The van der Waals surface area contributed by atoms with Gasteiger partial charge in [-0.3, -0.25) is 4.57 Å². The fourth-order valence-electron chi connectivity index (χ4n) is 1.38. The van der Waals surface area contributed by atoms with Gasteiger partial charge in [-0.05, 0) is 25.5 Å². The number of nitrogen functional groups attached to an aromatic ring is 1. The minimum Gasteiger partial charge on any atom is -0.375 e. The van der Waals surface area contributed by atoms with Gasteiger partial charge in [0.1, 0.15) is 4.62 Å². The average Bonchev–Trinajstić information content (AvgIpc) is 2.96. The Hall–Kier alpha value is -0.720. The van der Waals surface area contributed by atoms with Gasteiger partial charge in [0.05, 0.1) is 11.0 Å². The van der Waals surface area contributed by atoms with Crippen LogP contribution < -0.4 is 10.4 Å². The van der Waals surface area contributed by atoms with Crippen molar-refractivity contribution in [2.75, 3.05) is 5.73 Å². The molecule has 2 aromatic rings. The third kappa shape index (κ3) is 3.43. The van der Waals surface area contributed by atoms with Crippen molar-refractivity contribution in [2.24, 2.45) is 0 Å². The number of hydrogen-bond acceptors (Lipinski definition) is 6. The molecule has 0 saturated heterocycles. The first-order valence-corrected chi connectivity index (χ1v) is 8.96. The molecule has 2 aromatic heterocycles. The molecule has 0 spiro atoms. The third-order valence-corrected chi connectivity index (χ3v) is 6.76. The summed E-state index contributed by atoms with van der Waals surface area (Å²) in [5.74, 6) is 0. The molecule has 8 heteroatoms. The molecule has 0 aliphatic carbocycles. The second kappa shape index (κ2) is 5.73. The van der Waals surface area contributed by atoms with Crippen LogP contribution in [0.25, 0.3) is 9.75 Å². The highest BCUT2D eigenvalue weighted by Crippen LogP contribution is 2.46. The SMILES string of the molecule is CCC(C)OP(=O)(O)c1ccc(-c2cnc(N)s2)s1. The predicted molar refractivity (Wildman–Crippen MR) is 80.1 cm³/mol. The molecule has 0 aliphatic rings. The van der Waals surface area contributed by atoms with Gasteiger partial charge < -0.3 is 15.2 Å². The van der Waals surface area contributed by atoms with E-state index in [0.717, 1.165) is 9.75 Å². The monoisotopic (exact) mass is 318 g/mol. The number of thiazole rings is 1. The molecule has 19 heavy (non-hydrogen) atoms. The Morgan fingerprint density at radius 3 is 2.79 bits per heavy atom. The van der Waals surface area contributed by atoms with Crippen LogP contribution in [0, 0.1) is 0 Å². The first kappa shape index (κ1) is 14.7. The van der Waals surface area contributed by atoms with Crippen LogP contribution in [-0.4, -0.2) is 16.0 Å². The Bertz CT molecular complexity index is 611. The topological polar surface area (TPSA) is 85.4 Å². The number of thiophene rings is 1. The smallest absolute Gasteiger partial charge is 0.368 e. The van der Waals surface area contributed by atoms with Gasteiger partial charge in [-0.25, -0.2) is 4.98 Å². The summed E-state index contributed by atoms with van der Waals surface area (Å²) in [7, 11) is -3.74. The summed E-state index contributed by atoms with van der Waals surface area (Å²) in [6, 6.07) is 3.41. The van der Waals surface area contributed by atoms with Gasteiger partial charge in [0.2, 0.25) is 0 Å². The Balaban J connectivity index is 2.23. The zero-order valence-electron chi connectivity index (χ0n) is 10.6. The van der Waals surface area contributed by atoms with E-state index in [4.69, 9.17) is 10.3 Å². The van der Waals surface area contributed by atoms with Crippen molar-refractivity contribution in [2.45, 2.75) is 26.4 Å². The Morgan fingerprint density at radius 2 is 2.21 bits per heavy atom. The van der Waals surface area contributed by atoms with E-state index >= 15 is 0 Å². The molecule has 0 saturated carbocycles. The summed E-state index contributed by atoms with van der Waals surface area (Å²) in [5, 5.41) is 0.480. The van der Waals surface area contributed by atoms with Crippen LogP contribution in [0.15, 0.2) is 18.3 Å². The number of anilines is 1. The van der Waals surface area contributed by atoms with Crippen molar-refractivity contribution in [3.05, 3.63) is 18.3 Å². The van der Waals surface area contributed by atoms with Crippen LogP contribution in [0.4, 0.5) is 5.13 Å². The number of rotatable bonds is 5. The van der Waals surface area contributed by atoms with Crippen molar-refractivity contribution in [1.29, 1.82) is 0 Å². The van der Waals surface area contributed by atoms with Crippen molar-refractivity contribution in [3.8, 4) is 9.75 Å².